The van der Waals surface area contributed by atoms with Crippen LogP contribution in [-0.4, -0.2) is 61.6 Å². The molecule has 1 heterocycles. The van der Waals surface area contributed by atoms with E-state index in [9.17, 15) is 4.79 Å². The molecule has 1 atom stereocenters. The molecule has 0 N–H and O–H groups in total. The number of ether oxygens (including phenoxy) is 1. The molecule has 1 aliphatic rings. The van der Waals surface area contributed by atoms with E-state index < -0.39 is 0 Å². The van der Waals surface area contributed by atoms with E-state index in [1.54, 1.807) is 0 Å². The van der Waals surface area contributed by atoms with Gasteiger partial charge in [-0.1, -0.05) is 6.92 Å². The Bertz CT molecular complexity index is 227. The number of rotatable bonds is 7. The molecule has 1 aliphatic heterocycles. The molecule has 1 saturated heterocycles. The van der Waals surface area contributed by atoms with Crippen LogP contribution in [0.2, 0.25) is 0 Å². The zero-order valence-electron chi connectivity index (χ0n) is 11.4. The quantitative estimate of drug-likeness (QED) is 0.631. The lowest BCUT2D eigenvalue weighted by atomic mass is 10.2. The Morgan fingerprint density at radius 2 is 2.00 bits per heavy atom. The molecule has 0 saturated carbocycles. The number of hydrogen-bond acceptors (Lipinski definition) is 4. The number of likely N-dealkylation sites (tertiary alicyclic amines) is 1. The maximum absolute atomic E-state index is 11.7. The first kappa shape index (κ1) is 14.5. The summed E-state index contributed by atoms with van der Waals surface area (Å²) in [6.45, 7) is 8.79. The highest BCUT2D eigenvalue weighted by Crippen LogP contribution is 2.09. The SMILES string of the molecule is CCOC(=O)C(CC)N(C)CCN1CCCC1. The van der Waals surface area contributed by atoms with Crippen LogP contribution in [0.1, 0.15) is 33.1 Å². The fourth-order valence-corrected chi connectivity index (χ4v) is 2.36. The lowest BCUT2D eigenvalue weighted by Gasteiger charge is -2.27. The molecule has 0 aromatic rings. The van der Waals surface area contributed by atoms with Crippen molar-refractivity contribution < 1.29 is 9.53 Å². The molecule has 100 valence electrons. The van der Waals surface area contributed by atoms with Gasteiger partial charge in [0, 0.05) is 13.1 Å². The fraction of sp³-hybridized carbons (Fsp3) is 0.923. The standard InChI is InChI=1S/C13H26N2O2/c1-4-12(13(16)17-5-2)14(3)10-11-15-8-6-7-9-15/h12H,4-11H2,1-3H3. The Balaban J connectivity index is 2.31. The lowest BCUT2D eigenvalue weighted by Crippen LogP contribution is -2.42. The molecular formula is C13H26N2O2. The molecule has 4 nitrogen and oxygen atoms in total. The second-order valence-electron chi connectivity index (χ2n) is 4.71. The summed E-state index contributed by atoms with van der Waals surface area (Å²) in [5.41, 5.74) is 0. The van der Waals surface area contributed by atoms with E-state index in [0.29, 0.717) is 6.61 Å². The fourth-order valence-electron chi connectivity index (χ4n) is 2.36. The number of carbonyl (C=O) groups excluding carboxylic acids is 1. The van der Waals surface area contributed by atoms with E-state index in [1.807, 2.05) is 20.9 Å². The van der Waals surface area contributed by atoms with Gasteiger partial charge in [0.2, 0.25) is 0 Å². The summed E-state index contributed by atoms with van der Waals surface area (Å²) in [4.78, 5) is 16.3. The Morgan fingerprint density at radius 3 is 2.53 bits per heavy atom. The van der Waals surface area contributed by atoms with Crippen molar-refractivity contribution in [3.05, 3.63) is 0 Å². The van der Waals surface area contributed by atoms with Gasteiger partial charge in [-0.2, -0.15) is 0 Å². The van der Waals surface area contributed by atoms with Gasteiger partial charge in [0.05, 0.1) is 6.61 Å². The van der Waals surface area contributed by atoms with Gasteiger partial charge in [-0.3, -0.25) is 9.69 Å². The molecule has 0 aromatic heterocycles. The van der Waals surface area contributed by atoms with Gasteiger partial charge in [0.1, 0.15) is 6.04 Å². The molecule has 0 bridgehead atoms. The first-order valence-corrected chi connectivity index (χ1v) is 6.78. The molecule has 1 unspecified atom stereocenters. The highest BCUT2D eigenvalue weighted by atomic mass is 16.5. The monoisotopic (exact) mass is 242 g/mol. The highest BCUT2D eigenvalue weighted by molar-refractivity contribution is 5.75. The van der Waals surface area contributed by atoms with Crippen LogP contribution in [-0.2, 0) is 9.53 Å². The second kappa shape index (κ2) is 7.67. The normalized spacial score (nSPS) is 18.6. The van der Waals surface area contributed by atoms with Gasteiger partial charge in [-0.25, -0.2) is 0 Å². The zero-order valence-corrected chi connectivity index (χ0v) is 11.4. The molecule has 0 radical (unpaired) electrons. The van der Waals surface area contributed by atoms with Crippen LogP contribution in [0.15, 0.2) is 0 Å². The van der Waals surface area contributed by atoms with Crippen molar-refractivity contribution >= 4 is 5.97 Å². The van der Waals surface area contributed by atoms with Crippen molar-refractivity contribution in [2.45, 2.75) is 39.2 Å². The number of likely N-dealkylation sites (N-methyl/N-ethyl adjacent to an activating group) is 1. The molecule has 0 spiro atoms. The van der Waals surface area contributed by atoms with Gasteiger partial charge in [0.15, 0.2) is 0 Å². The van der Waals surface area contributed by atoms with Crippen LogP contribution < -0.4 is 0 Å². The molecule has 17 heavy (non-hydrogen) atoms. The van der Waals surface area contributed by atoms with E-state index in [2.05, 4.69) is 9.80 Å². The summed E-state index contributed by atoms with van der Waals surface area (Å²) >= 11 is 0. The Kier molecular flexibility index (Phi) is 6.52. The van der Waals surface area contributed by atoms with Crippen molar-refractivity contribution in [1.82, 2.24) is 9.80 Å². The van der Waals surface area contributed by atoms with Crippen LogP contribution in [0.25, 0.3) is 0 Å². The van der Waals surface area contributed by atoms with E-state index in [4.69, 9.17) is 4.74 Å². The summed E-state index contributed by atoms with van der Waals surface area (Å²) in [6.07, 6.45) is 3.45. The first-order valence-electron chi connectivity index (χ1n) is 6.78. The zero-order chi connectivity index (χ0) is 12.7. The molecule has 1 rings (SSSR count). The number of hydrogen-bond donors (Lipinski definition) is 0. The first-order chi connectivity index (χ1) is 8.19. The van der Waals surface area contributed by atoms with Crippen LogP contribution in [0.5, 0.6) is 0 Å². The molecule has 0 aromatic carbocycles. The lowest BCUT2D eigenvalue weighted by molar-refractivity contribution is -0.149. The van der Waals surface area contributed by atoms with Gasteiger partial charge < -0.3 is 9.64 Å². The average Bonchev–Trinajstić information content (AvgIpc) is 2.80. The summed E-state index contributed by atoms with van der Waals surface area (Å²) in [7, 11) is 2.02. The smallest absolute Gasteiger partial charge is 0.323 e. The van der Waals surface area contributed by atoms with E-state index in [0.717, 1.165) is 19.5 Å². The summed E-state index contributed by atoms with van der Waals surface area (Å²) in [5, 5.41) is 0. The Labute approximate surface area is 105 Å². The van der Waals surface area contributed by atoms with Crippen molar-refractivity contribution in [3.63, 3.8) is 0 Å². The van der Waals surface area contributed by atoms with Gasteiger partial charge in [-0.15, -0.1) is 0 Å². The van der Waals surface area contributed by atoms with Crippen molar-refractivity contribution in [1.29, 1.82) is 0 Å². The number of nitrogens with zero attached hydrogens (tertiary/aromatic N) is 2. The maximum Gasteiger partial charge on any atom is 0.323 e. The van der Waals surface area contributed by atoms with Crippen LogP contribution >= 0.6 is 0 Å². The topological polar surface area (TPSA) is 32.8 Å². The van der Waals surface area contributed by atoms with Gasteiger partial charge in [-0.05, 0) is 46.3 Å². The van der Waals surface area contributed by atoms with Crippen LogP contribution in [0, 0.1) is 0 Å². The average molecular weight is 242 g/mol. The Hall–Kier alpha value is -0.610. The summed E-state index contributed by atoms with van der Waals surface area (Å²) < 4.78 is 5.09. The third kappa shape index (κ3) is 4.64. The molecule has 4 heteroatoms. The molecular weight excluding hydrogens is 216 g/mol. The Morgan fingerprint density at radius 1 is 1.35 bits per heavy atom. The molecule has 0 aliphatic carbocycles. The van der Waals surface area contributed by atoms with Crippen LogP contribution in [0.3, 0.4) is 0 Å². The predicted molar refractivity (Wildman–Crippen MR) is 69.0 cm³/mol. The van der Waals surface area contributed by atoms with Crippen LogP contribution in [0.4, 0.5) is 0 Å². The van der Waals surface area contributed by atoms with Gasteiger partial charge >= 0.3 is 5.97 Å². The molecule has 0 amide bonds. The van der Waals surface area contributed by atoms with E-state index in [-0.39, 0.29) is 12.0 Å². The third-order valence-corrected chi connectivity index (χ3v) is 3.45. The van der Waals surface area contributed by atoms with E-state index in [1.165, 1.54) is 25.9 Å². The molecule has 1 fully saturated rings. The largest absolute Gasteiger partial charge is 0.465 e. The maximum atomic E-state index is 11.7. The second-order valence-corrected chi connectivity index (χ2v) is 4.71. The number of esters is 1. The summed E-state index contributed by atoms with van der Waals surface area (Å²) in [6, 6.07) is -0.0856. The minimum atomic E-state index is -0.0856. The highest BCUT2D eigenvalue weighted by Gasteiger charge is 2.23. The number of carbonyl (C=O) groups is 1. The third-order valence-electron chi connectivity index (χ3n) is 3.45. The van der Waals surface area contributed by atoms with E-state index >= 15 is 0 Å². The summed E-state index contributed by atoms with van der Waals surface area (Å²) in [5.74, 6) is -0.0843. The van der Waals surface area contributed by atoms with Crippen molar-refractivity contribution in [3.8, 4) is 0 Å². The minimum Gasteiger partial charge on any atom is -0.465 e. The minimum absolute atomic E-state index is 0.0843. The van der Waals surface area contributed by atoms with Crippen molar-refractivity contribution in [2.24, 2.45) is 0 Å². The van der Waals surface area contributed by atoms with Gasteiger partial charge in [0.25, 0.3) is 0 Å². The van der Waals surface area contributed by atoms with Crippen molar-refractivity contribution in [2.75, 3.05) is 39.8 Å². The predicted octanol–water partition coefficient (Wildman–Crippen LogP) is 1.36.